The molecule has 0 radical (unpaired) electrons. The van der Waals surface area contributed by atoms with Crippen LogP contribution in [0.4, 0.5) is 4.39 Å². The van der Waals surface area contributed by atoms with Gasteiger partial charge in [0, 0.05) is 39.3 Å². The quantitative estimate of drug-likeness (QED) is 0.274. The number of hydrogen-bond acceptors (Lipinski definition) is 4. The van der Waals surface area contributed by atoms with Gasteiger partial charge in [-0.2, -0.15) is 0 Å². The Labute approximate surface area is 141 Å². The van der Waals surface area contributed by atoms with Crippen LogP contribution in [-0.2, 0) is 4.74 Å². The number of aliphatic imine (C=N–C) groups is 1. The lowest BCUT2D eigenvalue weighted by Gasteiger charge is -2.08. The number of nitrogen functional groups attached to an aromatic ring is 1. The summed E-state index contributed by atoms with van der Waals surface area (Å²) in [5.41, 5.74) is 11.1. The van der Waals surface area contributed by atoms with Gasteiger partial charge in [0.2, 0.25) is 0 Å². The van der Waals surface area contributed by atoms with Crippen molar-refractivity contribution in [2.75, 3.05) is 33.4 Å². The third-order valence-corrected chi connectivity index (χ3v) is 3.17. The number of benzene rings is 1. The molecule has 0 saturated carbocycles. The normalized spacial score (nSPS) is 11.3. The smallest absolute Gasteiger partial charge is 0.188 e. The molecule has 0 aliphatic rings. The van der Waals surface area contributed by atoms with Crippen LogP contribution in [0.2, 0.25) is 0 Å². The first-order valence-electron chi connectivity index (χ1n) is 7.84. The summed E-state index contributed by atoms with van der Waals surface area (Å²) < 4.78 is 24.0. The fraction of sp³-hybridized carbons (Fsp3) is 0.500. The fourth-order valence-corrected chi connectivity index (χ4v) is 1.90. The van der Waals surface area contributed by atoms with Crippen LogP contribution in [0, 0.1) is 11.2 Å². The average molecular weight is 339 g/mol. The minimum atomic E-state index is -0.570. The third kappa shape index (κ3) is 7.77. The van der Waals surface area contributed by atoms with E-state index >= 15 is 0 Å². The molecule has 24 heavy (non-hydrogen) atoms. The molecule has 0 heterocycles. The molecule has 0 aliphatic heterocycles. The number of nitrogens with one attached hydrogen (secondary N) is 2. The van der Waals surface area contributed by atoms with Crippen molar-refractivity contribution in [1.29, 1.82) is 5.41 Å². The highest BCUT2D eigenvalue weighted by Crippen LogP contribution is 2.16. The van der Waals surface area contributed by atoms with Gasteiger partial charge in [0.15, 0.2) is 5.96 Å². The predicted molar refractivity (Wildman–Crippen MR) is 93.1 cm³/mol. The zero-order valence-electron chi connectivity index (χ0n) is 14.0. The maximum Gasteiger partial charge on any atom is 0.188 e. The van der Waals surface area contributed by atoms with Crippen molar-refractivity contribution in [1.82, 2.24) is 5.32 Å². The first-order chi connectivity index (χ1) is 11.5. The maximum atomic E-state index is 13.6. The molecule has 0 fully saturated rings. The van der Waals surface area contributed by atoms with Crippen molar-refractivity contribution in [3.8, 4) is 5.75 Å². The molecular formula is C16H26FN5O2. The van der Waals surface area contributed by atoms with Crippen molar-refractivity contribution in [2.45, 2.75) is 19.3 Å². The summed E-state index contributed by atoms with van der Waals surface area (Å²) in [5, 5.41) is 10.2. The minimum Gasteiger partial charge on any atom is -0.493 e. The molecule has 8 heteroatoms. The Kier molecular flexibility index (Phi) is 9.21. The van der Waals surface area contributed by atoms with E-state index in [9.17, 15) is 4.39 Å². The highest BCUT2D eigenvalue weighted by molar-refractivity contribution is 5.95. The average Bonchev–Trinajstić information content (AvgIpc) is 2.54. The lowest BCUT2D eigenvalue weighted by atomic mass is 10.2. The van der Waals surface area contributed by atoms with Crippen molar-refractivity contribution < 1.29 is 13.9 Å². The lowest BCUT2D eigenvalue weighted by Crippen LogP contribution is -2.32. The Morgan fingerprint density at radius 3 is 2.71 bits per heavy atom. The first-order valence-corrected chi connectivity index (χ1v) is 7.84. The molecule has 134 valence electrons. The summed E-state index contributed by atoms with van der Waals surface area (Å²) in [5.74, 6) is -0.0755. The van der Waals surface area contributed by atoms with E-state index in [2.05, 4.69) is 10.3 Å². The molecule has 1 rings (SSSR count). The number of methoxy groups -OCH3 is 1. The van der Waals surface area contributed by atoms with Gasteiger partial charge in [-0.1, -0.05) is 0 Å². The van der Waals surface area contributed by atoms with E-state index in [-0.39, 0.29) is 11.4 Å². The number of guanidine groups is 1. The summed E-state index contributed by atoms with van der Waals surface area (Å²) in [6.45, 7) is 2.41. The minimum absolute atomic E-state index is 0.0660. The maximum absolute atomic E-state index is 13.6. The van der Waals surface area contributed by atoms with Crippen molar-refractivity contribution in [3.63, 3.8) is 0 Å². The standard InChI is InChI=1S/C16H26FN5O2/c1-23-9-3-2-7-21-16(20)22-8-4-10-24-12-5-6-13(15(18)19)14(17)11-12/h5-6,11H,2-4,7-10H2,1H3,(H3,18,19)(H3,20,21,22). The van der Waals surface area contributed by atoms with E-state index in [0.717, 1.165) is 26.0 Å². The van der Waals surface area contributed by atoms with Gasteiger partial charge in [-0.15, -0.1) is 0 Å². The van der Waals surface area contributed by atoms with Crippen molar-refractivity contribution in [3.05, 3.63) is 29.6 Å². The molecule has 0 amide bonds. The molecule has 7 nitrogen and oxygen atoms in total. The number of ether oxygens (including phenoxy) is 2. The van der Waals surface area contributed by atoms with E-state index in [1.807, 2.05) is 0 Å². The van der Waals surface area contributed by atoms with E-state index in [4.69, 9.17) is 26.4 Å². The fourth-order valence-electron chi connectivity index (χ4n) is 1.90. The number of nitrogens with two attached hydrogens (primary N) is 2. The summed E-state index contributed by atoms with van der Waals surface area (Å²) in [7, 11) is 1.68. The summed E-state index contributed by atoms with van der Waals surface area (Å²) in [6, 6.07) is 4.23. The zero-order valence-corrected chi connectivity index (χ0v) is 14.0. The highest BCUT2D eigenvalue weighted by atomic mass is 19.1. The number of amidine groups is 1. The molecule has 1 aromatic rings. The van der Waals surface area contributed by atoms with E-state index in [1.165, 1.54) is 12.1 Å². The first kappa shape index (κ1) is 19.7. The lowest BCUT2D eigenvalue weighted by molar-refractivity contribution is 0.193. The number of hydrogen-bond donors (Lipinski definition) is 4. The van der Waals surface area contributed by atoms with Gasteiger partial charge in [-0.05, 0) is 25.0 Å². The zero-order chi connectivity index (χ0) is 17.8. The molecule has 6 N–H and O–H groups in total. The van der Waals surface area contributed by atoms with E-state index < -0.39 is 5.82 Å². The van der Waals surface area contributed by atoms with Gasteiger partial charge < -0.3 is 26.3 Å². The summed E-state index contributed by atoms with van der Waals surface area (Å²) in [6.07, 6.45) is 2.60. The Balaban J connectivity index is 2.20. The van der Waals surface area contributed by atoms with Crippen LogP contribution in [0.25, 0.3) is 0 Å². The van der Waals surface area contributed by atoms with Gasteiger partial charge in [0.25, 0.3) is 0 Å². The topological polar surface area (TPSA) is 119 Å². The van der Waals surface area contributed by atoms with Crippen molar-refractivity contribution in [2.24, 2.45) is 16.5 Å². The molecule has 0 saturated heterocycles. The molecule has 0 aromatic heterocycles. The molecule has 0 bridgehead atoms. The van der Waals surface area contributed by atoms with Crippen molar-refractivity contribution >= 4 is 11.8 Å². The monoisotopic (exact) mass is 339 g/mol. The van der Waals surface area contributed by atoms with Crippen LogP contribution in [-0.4, -0.2) is 45.2 Å². The Hall–Kier alpha value is -2.35. The third-order valence-electron chi connectivity index (χ3n) is 3.17. The van der Waals surface area contributed by atoms with Crippen LogP contribution in [0.3, 0.4) is 0 Å². The molecule has 0 aliphatic carbocycles. The molecular weight excluding hydrogens is 313 g/mol. The highest BCUT2D eigenvalue weighted by Gasteiger charge is 2.06. The van der Waals surface area contributed by atoms with Crippen LogP contribution < -0.4 is 21.5 Å². The predicted octanol–water partition coefficient (Wildman–Crippen LogP) is 1.21. The largest absolute Gasteiger partial charge is 0.493 e. The molecule has 0 spiro atoms. The van der Waals surface area contributed by atoms with Gasteiger partial charge in [0.05, 0.1) is 12.2 Å². The number of halogens is 1. The van der Waals surface area contributed by atoms with Crippen LogP contribution in [0.15, 0.2) is 23.2 Å². The molecule has 0 atom stereocenters. The van der Waals surface area contributed by atoms with E-state index in [1.54, 1.807) is 13.2 Å². The molecule has 0 unspecified atom stereocenters. The Morgan fingerprint density at radius 1 is 1.25 bits per heavy atom. The second kappa shape index (κ2) is 11.2. The molecule has 1 aromatic carbocycles. The van der Waals surface area contributed by atoms with Crippen LogP contribution in [0.1, 0.15) is 24.8 Å². The van der Waals surface area contributed by atoms with Gasteiger partial charge in [-0.3, -0.25) is 10.4 Å². The number of nitrogens with zero attached hydrogens (tertiary/aromatic N) is 1. The summed E-state index contributed by atoms with van der Waals surface area (Å²) in [4.78, 5) is 4.18. The Morgan fingerprint density at radius 2 is 2.04 bits per heavy atom. The van der Waals surface area contributed by atoms with Gasteiger partial charge >= 0.3 is 0 Å². The Bertz CT molecular complexity index is 551. The van der Waals surface area contributed by atoms with Crippen LogP contribution >= 0.6 is 0 Å². The second-order valence-electron chi connectivity index (χ2n) is 5.15. The van der Waals surface area contributed by atoms with Crippen LogP contribution in [0.5, 0.6) is 5.75 Å². The SMILES string of the molecule is COCCCCNC(N)=NCCCOc1ccc(C(=N)N)c(F)c1. The number of rotatable bonds is 11. The van der Waals surface area contributed by atoms with E-state index in [0.29, 0.717) is 31.3 Å². The summed E-state index contributed by atoms with van der Waals surface area (Å²) >= 11 is 0. The van der Waals surface area contributed by atoms with Gasteiger partial charge in [-0.25, -0.2) is 4.39 Å². The second-order valence-corrected chi connectivity index (χ2v) is 5.15. The van der Waals surface area contributed by atoms with Gasteiger partial charge in [0.1, 0.15) is 17.4 Å². The number of unbranched alkanes of at least 4 members (excludes halogenated alkanes) is 1.